The van der Waals surface area contributed by atoms with Crippen molar-refractivity contribution in [3.05, 3.63) is 24.3 Å². The summed E-state index contributed by atoms with van der Waals surface area (Å²) in [5, 5.41) is 0. The molecule has 0 atom stereocenters. The van der Waals surface area contributed by atoms with E-state index in [2.05, 4.69) is 27.5 Å². The van der Waals surface area contributed by atoms with Crippen LogP contribution in [0.2, 0.25) is 0 Å². The molecule has 15 heavy (non-hydrogen) atoms. The molecule has 0 aromatic carbocycles. The smallest absolute Gasteiger partial charge is 0.107 e. The zero-order valence-electron chi connectivity index (χ0n) is 8.98. The van der Waals surface area contributed by atoms with Crippen LogP contribution in [-0.2, 0) is 6.42 Å². The molecule has 0 saturated heterocycles. The van der Waals surface area contributed by atoms with Crippen molar-refractivity contribution in [1.29, 1.82) is 0 Å². The van der Waals surface area contributed by atoms with Gasteiger partial charge in [0.2, 0.25) is 0 Å². The minimum atomic E-state index is 0.683. The van der Waals surface area contributed by atoms with Crippen LogP contribution in [0.5, 0.6) is 0 Å². The third kappa shape index (κ3) is 1.34. The summed E-state index contributed by atoms with van der Waals surface area (Å²) in [6, 6.07) is 2.86. The topological polar surface area (TPSA) is 30.7 Å². The van der Waals surface area contributed by atoms with Crippen LogP contribution in [0.1, 0.15) is 37.9 Å². The fourth-order valence-corrected chi connectivity index (χ4v) is 2.12. The van der Waals surface area contributed by atoms with Crippen molar-refractivity contribution in [2.45, 2.75) is 38.6 Å². The van der Waals surface area contributed by atoms with Crippen LogP contribution in [0, 0.1) is 0 Å². The lowest BCUT2D eigenvalue weighted by Crippen LogP contribution is -2.15. The number of pyridine rings is 1. The highest BCUT2D eigenvalue weighted by atomic mass is 15.1. The molecule has 0 bridgehead atoms. The number of rotatable bonds is 2. The molecule has 2 aromatic heterocycles. The van der Waals surface area contributed by atoms with Gasteiger partial charge in [-0.25, -0.2) is 4.98 Å². The highest BCUT2D eigenvalue weighted by Crippen LogP contribution is 2.33. The van der Waals surface area contributed by atoms with Gasteiger partial charge in [-0.05, 0) is 31.7 Å². The van der Waals surface area contributed by atoms with Gasteiger partial charge < -0.3 is 4.57 Å². The Balaban J connectivity index is 2.13. The van der Waals surface area contributed by atoms with Crippen molar-refractivity contribution >= 4 is 11.0 Å². The lowest BCUT2D eigenvalue weighted by Gasteiger charge is -2.27. The van der Waals surface area contributed by atoms with Crippen molar-refractivity contribution in [2.24, 2.45) is 0 Å². The standard InChI is InChI=1S/C12H15N3/c1-2-9-6-12-11(7-13-9)14-8-15(12)10-4-3-5-10/h6-8,10H,2-5H2,1H3. The highest BCUT2D eigenvalue weighted by molar-refractivity contribution is 5.74. The van der Waals surface area contributed by atoms with Gasteiger partial charge in [0.25, 0.3) is 0 Å². The zero-order valence-corrected chi connectivity index (χ0v) is 8.98. The maximum atomic E-state index is 4.40. The summed E-state index contributed by atoms with van der Waals surface area (Å²) >= 11 is 0. The predicted molar refractivity (Wildman–Crippen MR) is 59.8 cm³/mol. The van der Waals surface area contributed by atoms with Crippen LogP contribution in [0.4, 0.5) is 0 Å². The van der Waals surface area contributed by atoms with Gasteiger partial charge in [-0.3, -0.25) is 4.98 Å². The van der Waals surface area contributed by atoms with Crippen LogP contribution in [0.3, 0.4) is 0 Å². The van der Waals surface area contributed by atoms with E-state index < -0.39 is 0 Å². The first-order valence-corrected chi connectivity index (χ1v) is 5.70. The van der Waals surface area contributed by atoms with Crippen molar-refractivity contribution in [3.8, 4) is 0 Å². The number of aryl methyl sites for hydroxylation is 1. The minimum Gasteiger partial charge on any atom is -0.327 e. The van der Waals surface area contributed by atoms with Crippen molar-refractivity contribution in [2.75, 3.05) is 0 Å². The molecule has 1 saturated carbocycles. The van der Waals surface area contributed by atoms with Crippen LogP contribution in [0.15, 0.2) is 18.6 Å². The van der Waals surface area contributed by atoms with E-state index in [9.17, 15) is 0 Å². The molecule has 0 aliphatic heterocycles. The van der Waals surface area contributed by atoms with E-state index in [1.807, 2.05) is 12.5 Å². The molecular weight excluding hydrogens is 186 g/mol. The molecule has 3 nitrogen and oxygen atoms in total. The summed E-state index contributed by atoms with van der Waals surface area (Å²) in [6.07, 6.45) is 8.81. The van der Waals surface area contributed by atoms with Crippen LogP contribution >= 0.6 is 0 Å². The van der Waals surface area contributed by atoms with E-state index in [0.717, 1.165) is 17.6 Å². The summed E-state index contributed by atoms with van der Waals surface area (Å²) in [4.78, 5) is 8.76. The summed E-state index contributed by atoms with van der Waals surface area (Å²) in [5.41, 5.74) is 3.44. The molecule has 1 fully saturated rings. The van der Waals surface area contributed by atoms with Gasteiger partial charge in [0.15, 0.2) is 0 Å². The van der Waals surface area contributed by atoms with Gasteiger partial charge in [0.05, 0.1) is 18.0 Å². The molecule has 0 spiro atoms. The highest BCUT2D eigenvalue weighted by Gasteiger charge is 2.20. The average Bonchev–Trinajstić information content (AvgIpc) is 2.59. The van der Waals surface area contributed by atoms with Crippen molar-refractivity contribution < 1.29 is 0 Å². The summed E-state index contributed by atoms with van der Waals surface area (Å²) < 4.78 is 2.32. The normalized spacial score (nSPS) is 16.9. The second-order valence-electron chi connectivity index (χ2n) is 4.25. The molecule has 2 aromatic rings. The van der Waals surface area contributed by atoms with E-state index in [-0.39, 0.29) is 0 Å². The fourth-order valence-electron chi connectivity index (χ4n) is 2.12. The van der Waals surface area contributed by atoms with Gasteiger partial charge in [-0.2, -0.15) is 0 Å². The Hall–Kier alpha value is -1.38. The minimum absolute atomic E-state index is 0.683. The molecule has 0 unspecified atom stereocenters. The summed E-state index contributed by atoms with van der Waals surface area (Å²) in [7, 11) is 0. The van der Waals surface area contributed by atoms with Gasteiger partial charge >= 0.3 is 0 Å². The molecule has 0 amide bonds. The Morgan fingerprint density at radius 1 is 1.40 bits per heavy atom. The largest absolute Gasteiger partial charge is 0.327 e. The number of nitrogens with zero attached hydrogens (tertiary/aromatic N) is 3. The summed E-state index contributed by atoms with van der Waals surface area (Å²) in [6.45, 7) is 2.14. The van der Waals surface area contributed by atoms with Crippen molar-refractivity contribution in [3.63, 3.8) is 0 Å². The number of aromatic nitrogens is 3. The van der Waals surface area contributed by atoms with Gasteiger partial charge in [-0.15, -0.1) is 0 Å². The monoisotopic (exact) mass is 201 g/mol. The van der Waals surface area contributed by atoms with E-state index in [4.69, 9.17) is 0 Å². The Labute approximate surface area is 89.2 Å². The van der Waals surface area contributed by atoms with E-state index in [1.54, 1.807) is 0 Å². The number of imidazole rings is 1. The second-order valence-corrected chi connectivity index (χ2v) is 4.25. The van der Waals surface area contributed by atoms with Crippen molar-refractivity contribution in [1.82, 2.24) is 14.5 Å². The van der Waals surface area contributed by atoms with Gasteiger partial charge in [0, 0.05) is 11.7 Å². The molecule has 1 aliphatic carbocycles. The first-order valence-electron chi connectivity index (χ1n) is 5.70. The van der Waals surface area contributed by atoms with Crippen LogP contribution in [-0.4, -0.2) is 14.5 Å². The van der Waals surface area contributed by atoms with E-state index >= 15 is 0 Å². The third-order valence-corrected chi connectivity index (χ3v) is 3.35. The molecule has 0 N–H and O–H groups in total. The first kappa shape index (κ1) is 8.89. The van der Waals surface area contributed by atoms with Gasteiger partial charge in [0.1, 0.15) is 5.52 Å². The van der Waals surface area contributed by atoms with E-state index in [1.165, 1.54) is 24.8 Å². The molecule has 1 aliphatic rings. The lowest BCUT2D eigenvalue weighted by atomic mass is 9.93. The molecular formula is C12H15N3. The van der Waals surface area contributed by atoms with Crippen LogP contribution in [0.25, 0.3) is 11.0 Å². The fraction of sp³-hybridized carbons (Fsp3) is 0.500. The SMILES string of the molecule is CCc1cc2c(cn1)ncn2C1CCC1. The third-order valence-electron chi connectivity index (χ3n) is 3.35. The lowest BCUT2D eigenvalue weighted by molar-refractivity contribution is 0.320. The zero-order chi connectivity index (χ0) is 10.3. The molecule has 3 rings (SSSR count). The first-order chi connectivity index (χ1) is 7.38. The number of hydrogen-bond acceptors (Lipinski definition) is 2. The Bertz CT molecular complexity index is 483. The number of hydrogen-bond donors (Lipinski definition) is 0. The quantitative estimate of drug-likeness (QED) is 0.748. The van der Waals surface area contributed by atoms with Crippen LogP contribution < -0.4 is 0 Å². The van der Waals surface area contributed by atoms with E-state index in [0.29, 0.717) is 6.04 Å². The maximum absolute atomic E-state index is 4.40. The Morgan fingerprint density at radius 3 is 2.93 bits per heavy atom. The average molecular weight is 201 g/mol. The predicted octanol–water partition coefficient (Wildman–Crippen LogP) is 2.72. The molecule has 78 valence electrons. The summed E-state index contributed by atoms with van der Waals surface area (Å²) in [5.74, 6) is 0. The molecule has 3 heteroatoms. The molecule has 2 heterocycles. The Morgan fingerprint density at radius 2 is 2.27 bits per heavy atom. The Kier molecular flexibility index (Phi) is 1.97. The number of fused-ring (bicyclic) bond motifs is 1. The van der Waals surface area contributed by atoms with Gasteiger partial charge in [-0.1, -0.05) is 6.92 Å². The maximum Gasteiger partial charge on any atom is 0.107 e. The second kappa shape index (κ2) is 3.33. The molecule has 0 radical (unpaired) electrons.